The maximum atomic E-state index is 13.4. The van der Waals surface area contributed by atoms with E-state index in [1.807, 2.05) is 24.3 Å². The van der Waals surface area contributed by atoms with Gasteiger partial charge in [0.15, 0.2) is 0 Å². The van der Waals surface area contributed by atoms with E-state index in [9.17, 15) is 9.18 Å². The summed E-state index contributed by atoms with van der Waals surface area (Å²) in [4.78, 5) is 13.9. The van der Waals surface area contributed by atoms with Crippen molar-refractivity contribution in [2.75, 3.05) is 7.05 Å². The lowest BCUT2D eigenvalue weighted by Crippen LogP contribution is -2.26. The first-order chi connectivity index (χ1) is 9.47. The van der Waals surface area contributed by atoms with E-state index in [2.05, 4.69) is 15.9 Å². The molecule has 1 amide bonds. The average Bonchev–Trinajstić information content (AvgIpc) is 2.39. The fourth-order valence-corrected chi connectivity index (χ4v) is 2.44. The van der Waals surface area contributed by atoms with Crippen LogP contribution in [0.2, 0.25) is 0 Å². The van der Waals surface area contributed by atoms with Gasteiger partial charge in [-0.25, -0.2) is 4.39 Å². The second-order valence-electron chi connectivity index (χ2n) is 4.77. The van der Waals surface area contributed by atoms with Crippen molar-refractivity contribution < 1.29 is 9.18 Å². The summed E-state index contributed by atoms with van der Waals surface area (Å²) in [5, 5.41) is 0. The third-order valence-corrected chi connectivity index (χ3v) is 3.77. The number of hydrogen-bond acceptors (Lipinski definition) is 1. The average molecular weight is 336 g/mol. The van der Waals surface area contributed by atoms with E-state index >= 15 is 0 Å². The smallest absolute Gasteiger partial charge is 0.254 e. The summed E-state index contributed by atoms with van der Waals surface area (Å²) in [6, 6.07) is 12.1. The van der Waals surface area contributed by atoms with E-state index in [-0.39, 0.29) is 11.7 Å². The molecule has 0 aliphatic rings. The Kier molecular flexibility index (Phi) is 4.55. The van der Waals surface area contributed by atoms with Crippen LogP contribution < -0.4 is 0 Å². The molecule has 2 aromatic carbocycles. The molecular weight excluding hydrogens is 321 g/mol. The van der Waals surface area contributed by atoms with Crippen LogP contribution in [0.15, 0.2) is 46.9 Å². The van der Waals surface area contributed by atoms with Crippen molar-refractivity contribution in [3.63, 3.8) is 0 Å². The summed E-state index contributed by atoms with van der Waals surface area (Å²) < 4.78 is 14.3. The van der Waals surface area contributed by atoms with Crippen molar-refractivity contribution in [2.24, 2.45) is 0 Å². The highest BCUT2D eigenvalue weighted by molar-refractivity contribution is 9.10. The Morgan fingerprint density at radius 3 is 2.60 bits per heavy atom. The molecule has 2 aromatic rings. The number of hydrogen-bond donors (Lipinski definition) is 0. The first kappa shape index (κ1) is 14.7. The molecule has 0 atom stereocenters. The zero-order valence-electron chi connectivity index (χ0n) is 11.4. The lowest BCUT2D eigenvalue weighted by Gasteiger charge is -2.18. The van der Waals surface area contributed by atoms with E-state index < -0.39 is 0 Å². The molecule has 0 saturated heterocycles. The van der Waals surface area contributed by atoms with E-state index in [0.29, 0.717) is 12.1 Å². The van der Waals surface area contributed by atoms with Crippen LogP contribution in [0, 0.1) is 12.7 Å². The van der Waals surface area contributed by atoms with Gasteiger partial charge in [-0.1, -0.05) is 34.1 Å². The van der Waals surface area contributed by atoms with Crippen molar-refractivity contribution in [3.05, 3.63) is 69.4 Å². The molecule has 0 aliphatic carbocycles. The van der Waals surface area contributed by atoms with E-state index in [4.69, 9.17) is 0 Å². The van der Waals surface area contributed by atoms with Gasteiger partial charge in [0, 0.05) is 23.6 Å². The zero-order chi connectivity index (χ0) is 14.7. The van der Waals surface area contributed by atoms with Crippen molar-refractivity contribution in [3.8, 4) is 0 Å². The molecule has 0 spiro atoms. The molecule has 0 radical (unpaired) electrons. The summed E-state index contributed by atoms with van der Waals surface area (Å²) in [6.45, 7) is 2.24. The molecule has 20 heavy (non-hydrogen) atoms. The quantitative estimate of drug-likeness (QED) is 0.824. The van der Waals surface area contributed by atoms with E-state index in [0.717, 1.165) is 15.6 Å². The van der Waals surface area contributed by atoms with E-state index in [1.165, 1.54) is 12.1 Å². The van der Waals surface area contributed by atoms with Crippen LogP contribution in [0.25, 0.3) is 0 Å². The molecule has 2 nitrogen and oxygen atoms in total. The van der Waals surface area contributed by atoms with Crippen molar-refractivity contribution in [2.45, 2.75) is 13.5 Å². The number of nitrogens with zero attached hydrogens (tertiary/aromatic N) is 1. The van der Waals surface area contributed by atoms with Gasteiger partial charge >= 0.3 is 0 Å². The monoisotopic (exact) mass is 335 g/mol. The molecule has 0 N–H and O–H groups in total. The first-order valence-electron chi connectivity index (χ1n) is 6.23. The Hall–Kier alpha value is -1.68. The molecule has 0 aromatic heterocycles. The van der Waals surface area contributed by atoms with Crippen LogP contribution in [0.1, 0.15) is 21.5 Å². The Balaban J connectivity index is 2.18. The molecule has 2 rings (SSSR count). The van der Waals surface area contributed by atoms with Gasteiger partial charge in [0.25, 0.3) is 5.91 Å². The molecule has 0 aliphatic heterocycles. The minimum atomic E-state index is -0.386. The standard InChI is InChI=1S/C16H15BrFNO/c1-11-7-13(9-14(18)8-11)16(20)19(2)10-12-5-3-4-6-15(12)17/h3-9H,10H2,1-2H3. The zero-order valence-corrected chi connectivity index (χ0v) is 12.9. The molecule has 0 saturated carbocycles. The Morgan fingerprint density at radius 1 is 1.25 bits per heavy atom. The fraction of sp³-hybridized carbons (Fsp3) is 0.188. The van der Waals surface area contributed by atoms with Crippen molar-refractivity contribution in [1.29, 1.82) is 0 Å². The van der Waals surface area contributed by atoms with Crippen molar-refractivity contribution in [1.82, 2.24) is 4.90 Å². The third-order valence-electron chi connectivity index (χ3n) is 3.00. The highest BCUT2D eigenvalue weighted by Gasteiger charge is 2.14. The number of halogens is 2. The molecule has 4 heteroatoms. The lowest BCUT2D eigenvalue weighted by atomic mass is 10.1. The SMILES string of the molecule is Cc1cc(F)cc(C(=O)N(C)Cc2ccccc2Br)c1. The van der Waals surface area contributed by atoms with Gasteiger partial charge in [0.2, 0.25) is 0 Å². The minimum absolute atomic E-state index is 0.191. The third kappa shape index (κ3) is 3.45. The predicted octanol–water partition coefficient (Wildman–Crippen LogP) is 4.17. The maximum Gasteiger partial charge on any atom is 0.254 e. The summed E-state index contributed by atoms with van der Waals surface area (Å²) >= 11 is 3.46. The summed E-state index contributed by atoms with van der Waals surface area (Å²) in [5.41, 5.74) is 2.12. The fourth-order valence-electron chi connectivity index (χ4n) is 2.03. The Morgan fingerprint density at radius 2 is 1.95 bits per heavy atom. The lowest BCUT2D eigenvalue weighted by molar-refractivity contribution is 0.0784. The van der Waals surface area contributed by atoms with Gasteiger partial charge < -0.3 is 4.90 Å². The molecule has 0 heterocycles. The van der Waals surface area contributed by atoms with E-state index in [1.54, 1.807) is 24.9 Å². The second kappa shape index (κ2) is 6.18. The predicted molar refractivity (Wildman–Crippen MR) is 81.1 cm³/mol. The number of benzene rings is 2. The van der Waals surface area contributed by atoms with Crippen LogP contribution in [0.3, 0.4) is 0 Å². The molecule has 0 bridgehead atoms. The van der Waals surface area contributed by atoms with Crippen molar-refractivity contribution >= 4 is 21.8 Å². The summed E-state index contributed by atoms with van der Waals surface area (Å²) in [7, 11) is 1.71. The summed E-state index contributed by atoms with van der Waals surface area (Å²) in [6.07, 6.45) is 0. The maximum absolute atomic E-state index is 13.4. The summed E-state index contributed by atoms with van der Waals surface area (Å²) in [5.74, 6) is -0.578. The van der Waals surface area contributed by atoms with Gasteiger partial charge in [-0.15, -0.1) is 0 Å². The minimum Gasteiger partial charge on any atom is -0.337 e. The van der Waals surface area contributed by atoms with Crippen LogP contribution >= 0.6 is 15.9 Å². The van der Waals surface area contributed by atoms with Gasteiger partial charge in [-0.3, -0.25) is 4.79 Å². The van der Waals surface area contributed by atoms with Crippen LogP contribution in [0.4, 0.5) is 4.39 Å². The Labute approximate surface area is 126 Å². The molecular formula is C16H15BrFNO. The highest BCUT2D eigenvalue weighted by atomic mass is 79.9. The molecule has 0 fully saturated rings. The molecule has 104 valence electrons. The number of rotatable bonds is 3. The number of aryl methyl sites for hydroxylation is 1. The van der Waals surface area contributed by atoms with Crippen LogP contribution in [-0.4, -0.2) is 17.9 Å². The van der Waals surface area contributed by atoms with Crippen LogP contribution in [-0.2, 0) is 6.54 Å². The normalized spacial score (nSPS) is 10.4. The molecule has 0 unspecified atom stereocenters. The highest BCUT2D eigenvalue weighted by Crippen LogP contribution is 2.18. The number of amides is 1. The topological polar surface area (TPSA) is 20.3 Å². The van der Waals surface area contributed by atoms with Gasteiger partial charge in [0.1, 0.15) is 5.82 Å². The van der Waals surface area contributed by atoms with Crippen LogP contribution in [0.5, 0.6) is 0 Å². The number of carbonyl (C=O) groups excluding carboxylic acids is 1. The number of carbonyl (C=O) groups is 1. The largest absolute Gasteiger partial charge is 0.337 e. The van der Waals surface area contributed by atoms with Gasteiger partial charge in [-0.05, 0) is 42.3 Å². The second-order valence-corrected chi connectivity index (χ2v) is 5.62. The Bertz CT molecular complexity index is 622. The first-order valence-corrected chi connectivity index (χ1v) is 7.03. The van der Waals surface area contributed by atoms with Gasteiger partial charge in [0.05, 0.1) is 0 Å². The van der Waals surface area contributed by atoms with Gasteiger partial charge in [-0.2, -0.15) is 0 Å².